The fourth-order valence-corrected chi connectivity index (χ4v) is 3.75. The Morgan fingerprint density at radius 3 is 2.75 bits per heavy atom. The lowest BCUT2D eigenvalue weighted by Crippen LogP contribution is -2.37. The van der Waals surface area contributed by atoms with Crippen molar-refractivity contribution < 1.29 is 14.4 Å². The van der Waals surface area contributed by atoms with Crippen LogP contribution in [0.1, 0.15) is 11.1 Å². The standard InChI is InChI=1S/C16H14BrN5O6/c1-19-13-11(14(23)20(2)16(19)24)18-15(17)21(13)5-8-3-10(22(25)26)4-9-6-27-7-28-12(8)9/h3-4H,5-7H2,1-2H3. The zero-order valence-electron chi connectivity index (χ0n) is 14.8. The van der Waals surface area contributed by atoms with Crippen molar-refractivity contribution in [1.82, 2.24) is 18.7 Å². The third-order valence-corrected chi connectivity index (χ3v) is 5.21. The van der Waals surface area contributed by atoms with Gasteiger partial charge >= 0.3 is 5.69 Å². The van der Waals surface area contributed by atoms with Crippen LogP contribution in [0.4, 0.5) is 5.69 Å². The van der Waals surface area contributed by atoms with Gasteiger partial charge in [-0.1, -0.05) is 0 Å². The van der Waals surface area contributed by atoms with Gasteiger partial charge in [0.15, 0.2) is 22.7 Å². The minimum atomic E-state index is -0.525. The third-order valence-electron chi connectivity index (χ3n) is 4.60. The van der Waals surface area contributed by atoms with Crippen LogP contribution in [0.3, 0.4) is 0 Å². The van der Waals surface area contributed by atoms with Crippen LogP contribution >= 0.6 is 15.9 Å². The number of aryl methyl sites for hydroxylation is 1. The highest BCUT2D eigenvalue weighted by Gasteiger charge is 2.24. The molecule has 0 N–H and O–H groups in total. The van der Waals surface area contributed by atoms with Crippen LogP contribution in [0, 0.1) is 10.1 Å². The van der Waals surface area contributed by atoms with E-state index in [1.165, 1.54) is 30.8 Å². The van der Waals surface area contributed by atoms with Crippen LogP contribution in [0.15, 0.2) is 26.5 Å². The van der Waals surface area contributed by atoms with Gasteiger partial charge in [-0.3, -0.25) is 28.6 Å². The van der Waals surface area contributed by atoms with Crippen LogP contribution in [0.5, 0.6) is 5.75 Å². The van der Waals surface area contributed by atoms with E-state index < -0.39 is 16.2 Å². The number of aromatic nitrogens is 4. The molecule has 0 saturated carbocycles. The molecular weight excluding hydrogens is 438 g/mol. The van der Waals surface area contributed by atoms with Gasteiger partial charge in [0.05, 0.1) is 18.1 Å². The third kappa shape index (κ3) is 2.72. The number of hydrogen-bond donors (Lipinski definition) is 0. The van der Waals surface area contributed by atoms with Gasteiger partial charge < -0.3 is 9.47 Å². The molecule has 3 aromatic rings. The van der Waals surface area contributed by atoms with Gasteiger partial charge in [0.1, 0.15) is 5.75 Å². The first-order valence-electron chi connectivity index (χ1n) is 8.12. The van der Waals surface area contributed by atoms with Crippen molar-refractivity contribution in [3.8, 4) is 5.75 Å². The van der Waals surface area contributed by atoms with Gasteiger partial charge in [0.25, 0.3) is 11.2 Å². The second-order valence-electron chi connectivity index (χ2n) is 6.31. The van der Waals surface area contributed by atoms with Crippen molar-refractivity contribution >= 4 is 32.8 Å². The Morgan fingerprint density at radius 2 is 2.04 bits per heavy atom. The molecular formula is C16H14BrN5O6. The Balaban J connectivity index is 1.96. The van der Waals surface area contributed by atoms with E-state index in [4.69, 9.17) is 9.47 Å². The lowest BCUT2D eigenvalue weighted by atomic mass is 10.1. The quantitative estimate of drug-likeness (QED) is 0.330. The summed E-state index contributed by atoms with van der Waals surface area (Å²) in [5.74, 6) is 0.486. The molecule has 0 bridgehead atoms. The summed E-state index contributed by atoms with van der Waals surface area (Å²) < 4.78 is 15.0. The Bertz CT molecular complexity index is 1260. The molecule has 11 nitrogen and oxygen atoms in total. The van der Waals surface area contributed by atoms with E-state index in [0.717, 1.165) is 4.57 Å². The van der Waals surface area contributed by atoms with Gasteiger partial charge in [0, 0.05) is 37.4 Å². The summed E-state index contributed by atoms with van der Waals surface area (Å²) in [4.78, 5) is 39.8. The summed E-state index contributed by atoms with van der Waals surface area (Å²) in [5, 5.41) is 11.3. The SMILES string of the molecule is Cn1c(=O)c2nc(Br)n(Cc3cc([N+](=O)[O-])cc4c3OCOC4)c2n(C)c1=O. The topological polar surface area (TPSA) is 123 Å². The molecule has 0 fully saturated rings. The van der Waals surface area contributed by atoms with E-state index in [2.05, 4.69) is 20.9 Å². The summed E-state index contributed by atoms with van der Waals surface area (Å²) in [6, 6.07) is 2.81. The van der Waals surface area contributed by atoms with Crippen LogP contribution in [-0.2, 0) is 32.0 Å². The average molecular weight is 452 g/mol. The van der Waals surface area contributed by atoms with Gasteiger partial charge in [-0.05, 0) is 15.9 Å². The Hall–Kier alpha value is -2.99. The Morgan fingerprint density at radius 1 is 1.29 bits per heavy atom. The minimum absolute atomic E-state index is 0.0304. The monoisotopic (exact) mass is 451 g/mol. The van der Waals surface area contributed by atoms with E-state index in [-0.39, 0.29) is 31.1 Å². The molecule has 0 unspecified atom stereocenters. The molecule has 1 aliphatic rings. The molecule has 0 saturated heterocycles. The van der Waals surface area contributed by atoms with Crippen molar-refractivity contribution in [2.24, 2.45) is 14.1 Å². The molecule has 0 spiro atoms. The molecule has 146 valence electrons. The number of halogens is 1. The summed E-state index contributed by atoms with van der Waals surface area (Å²) in [6.07, 6.45) is 0. The highest BCUT2D eigenvalue weighted by Crippen LogP contribution is 2.34. The second kappa shape index (κ2) is 6.56. The van der Waals surface area contributed by atoms with E-state index in [1.807, 2.05) is 0 Å². The number of hydrogen-bond acceptors (Lipinski definition) is 7. The average Bonchev–Trinajstić information content (AvgIpc) is 3.01. The van der Waals surface area contributed by atoms with Crippen molar-refractivity contribution in [3.63, 3.8) is 0 Å². The van der Waals surface area contributed by atoms with Crippen molar-refractivity contribution in [3.05, 3.63) is 58.9 Å². The maximum atomic E-state index is 12.4. The summed E-state index contributed by atoms with van der Waals surface area (Å²) >= 11 is 3.32. The van der Waals surface area contributed by atoms with E-state index in [9.17, 15) is 19.7 Å². The predicted molar refractivity (Wildman–Crippen MR) is 100 cm³/mol. The summed E-state index contributed by atoms with van der Waals surface area (Å²) in [5.41, 5.74) is 0.349. The first-order chi connectivity index (χ1) is 13.3. The molecule has 0 aliphatic carbocycles. The first-order valence-corrected chi connectivity index (χ1v) is 8.91. The first kappa shape index (κ1) is 18.4. The zero-order chi connectivity index (χ0) is 20.2. The number of ether oxygens (including phenoxy) is 2. The van der Waals surface area contributed by atoms with Crippen LogP contribution < -0.4 is 16.0 Å². The highest BCUT2D eigenvalue weighted by atomic mass is 79.9. The lowest BCUT2D eigenvalue weighted by Gasteiger charge is -2.21. The lowest BCUT2D eigenvalue weighted by molar-refractivity contribution is -0.385. The molecule has 0 atom stereocenters. The molecule has 4 rings (SSSR count). The van der Waals surface area contributed by atoms with Crippen LogP contribution in [0.2, 0.25) is 0 Å². The number of nitro benzene ring substituents is 1. The number of nitrogens with zero attached hydrogens (tertiary/aromatic N) is 5. The van der Waals surface area contributed by atoms with Crippen molar-refractivity contribution in [2.45, 2.75) is 13.2 Å². The van der Waals surface area contributed by atoms with Gasteiger partial charge in [-0.25, -0.2) is 9.78 Å². The van der Waals surface area contributed by atoms with E-state index >= 15 is 0 Å². The fraction of sp³-hybridized carbons (Fsp3) is 0.312. The molecule has 0 radical (unpaired) electrons. The maximum absolute atomic E-state index is 12.4. The number of fused-ring (bicyclic) bond motifs is 2. The molecule has 12 heteroatoms. The number of rotatable bonds is 3. The highest BCUT2D eigenvalue weighted by molar-refractivity contribution is 9.10. The molecule has 0 amide bonds. The molecule has 3 heterocycles. The van der Waals surface area contributed by atoms with Gasteiger partial charge in [-0.2, -0.15) is 0 Å². The number of non-ortho nitro benzene ring substituents is 1. The van der Waals surface area contributed by atoms with Crippen molar-refractivity contribution in [2.75, 3.05) is 6.79 Å². The minimum Gasteiger partial charge on any atom is -0.467 e. The molecule has 1 aromatic carbocycles. The Kier molecular flexibility index (Phi) is 4.31. The van der Waals surface area contributed by atoms with E-state index in [1.54, 1.807) is 4.57 Å². The predicted octanol–water partition coefficient (Wildman–Crippen LogP) is 1.02. The normalized spacial score (nSPS) is 13.4. The fourth-order valence-electron chi connectivity index (χ4n) is 3.28. The Labute approximate surface area is 165 Å². The van der Waals surface area contributed by atoms with Crippen LogP contribution in [0.25, 0.3) is 11.2 Å². The van der Waals surface area contributed by atoms with Gasteiger partial charge in [0.2, 0.25) is 0 Å². The molecule has 2 aromatic heterocycles. The number of imidazole rings is 1. The second-order valence-corrected chi connectivity index (χ2v) is 7.02. The largest absolute Gasteiger partial charge is 0.467 e. The molecule has 28 heavy (non-hydrogen) atoms. The van der Waals surface area contributed by atoms with Crippen molar-refractivity contribution in [1.29, 1.82) is 0 Å². The summed E-state index contributed by atoms with van der Waals surface area (Å²) in [6.45, 7) is 0.319. The van der Waals surface area contributed by atoms with Crippen LogP contribution in [-0.4, -0.2) is 30.4 Å². The zero-order valence-corrected chi connectivity index (χ0v) is 16.4. The number of nitro groups is 1. The smallest absolute Gasteiger partial charge is 0.332 e. The number of benzene rings is 1. The summed E-state index contributed by atoms with van der Waals surface area (Å²) in [7, 11) is 2.91. The molecule has 1 aliphatic heterocycles. The maximum Gasteiger partial charge on any atom is 0.332 e. The van der Waals surface area contributed by atoms with Gasteiger partial charge in [-0.15, -0.1) is 0 Å². The van der Waals surface area contributed by atoms with E-state index in [0.29, 0.717) is 27.3 Å².